The highest BCUT2D eigenvalue weighted by atomic mass is 19.1. The number of nitrogens with zero attached hydrogens (tertiary/aromatic N) is 1. The first kappa shape index (κ1) is 31.0. The van der Waals surface area contributed by atoms with E-state index in [1.807, 2.05) is 0 Å². The summed E-state index contributed by atoms with van der Waals surface area (Å²) in [6.45, 7) is 24.8. The van der Waals surface area contributed by atoms with Gasteiger partial charge in [-0.25, -0.2) is 8.78 Å². The predicted molar refractivity (Wildman–Crippen MR) is 181 cm³/mol. The van der Waals surface area contributed by atoms with Crippen LogP contribution in [0.2, 0.25) is 0 Å². The Bertz CT molecular complexity index is 1740. The molecule has 3 heteroatoms. The Morgan fingerprint density at radius 3 is 1.42 bits per heavy atom. The van der Waals surface area contributed by atoms with E-state index in [1.54, 1.807) is 0 Å². The van der Waals surface area contributed by atoms with Crippen LogP contribution >= 0.6 is 0 Å². The summed E-state index contributed by atoms with van der Waals surface area (Å²) in [5, 5.41) is 2.43. The Hall–Kier alpha value is -3.46. The normalized spacial score (nSPS) is 13.3. The van der Waals surface area contributed by atoms with Crippen molar-refractivity contribution < 1.29 is 8.78 Å². The largest absolute Gasteiger partial charge is 0.309 e. The van der Waals surface area contributed by atoms with Crippen molar-refractivity contribution in [3.63, 3.8) is 0 Å². The van der Waals surface area contributed by atoms with Crippen molar-refractivity contribution in [1.82, 2.24) is 4.57 Å². The summed E-state index contributed by atoms with van der Waals surface area (Å²) in [7, 11) is 0. The average molecular weight is 580 g/mol. The van der Waals surface area contributed by atoms with E-state index < -0.39 is 11.6 Å². The second kappa shape index (κ2) is 10.3. The third kappa shape index (κ3) is 6.28. The highest BCUT2D eigenvalue weighted by Crippen LogP contribution is 2.42. The van der Waals surface area contributed by atoms with E-state index in [0.717, 1.165) is 40.3 Å². The van der Waals surface area contributed by atoms with Gasteiger partial charge in [0.2, 0.25) is 0 Å². The third-order valence-electron chi connectivity index (χ3n) is 8.62. The number of halogens is 2. The molecule has 0 atom stereocenters. The minimum absolute atomic E-state index is 0.00969. The van der Waals surface area contributed by atoms with Crippen LogP contribution in [0.25, 0.3) is 38.6 Å². The SMILES string of the molecule is CC(C)(C)CC(C)(C)c1cc(-c2cc(F)cc(F)c2)cc(-n2c3ccc(C(C)(C)C)cc3c3cc(C(C)(C)C)ccc32)c1. The van der Waals surface area contributed by atoms with Crippen LogP contribution < -0.4 is 0 Å². The Balaban J connectivity index is 1.88. The van der Waals surface area contributed by atoms with Crippen LogP contribution in [0.1, 0.15) is 99.3 Å². The molecule has 0 N–H and O–H groups in total. The molecule has 0 aliphatic heterocycles. The van der Waals surface area contributed by atoms with E-state index in [1.165, 1.54) is 34.0 Å². The molecule has 0 aliphatic rings. The molecule has 0 saturated carbocycles. The molecule has 5 rings (SSSR count). The van der Waals surface area contributed by atoms with E-state index in [4.69, 9.17) is 0 Å². The topological polar surface area (TPSA) is 4.93 Å². The first-order valence-corrected chi connectivity index (χ1v) is 15.4. The molecular formula is C40H47F2N. The molecule has 4 aromatic carbocycles. The van der Waals surface area contributed by atoms with Crippen molar-refractivity contribution in [2.24, 2.45) is 5.41 Å². The molecule has 1 nitrogen and oxygen atoms in total. The maximum absolute atomic E-state index is 14.5. The quantitative estimate of drug-likeness (QED) is 0.200. The molecule has 1 heterocycles. The van der Waals surface area contributed by atoms with Gasteiger partial charge in [-0.15, -0.1) is 0 Å². The lowest BCUT2D eigenvalue weighted by atomic mass is 9.72. The molecule has 0 bridgehead atoms. The summed E-state index contributed by atoms with van der Waals surface area (Å²) in [4.78, 5) is 0. The molecule has 0 saturated heterocycles. The molecule has 0 fully saturated rings. The lowest BCUT2D eigenvalue weighted by Crippen LogP contribution is -2.25. The van der Waals surface area contributed by atoms with E-state index in [2.05, 4.69) is 135 Å². The number of aromatic nitrogens is 1. The minimum Gasteiger partial charge on any atom is -0.309 e. The monoisotopic (exact) mass is 579 g/mol. The molecule has 226 valence electrons. The summed E-state index contributed by atoms with van der Waals surface area (Å²) in [5.41, 5.74) is 8.25. The van der Waals surface area contributed by atoms with Gasteiger partial charge in [-0.05, 0) is 104 Å². The van der Waals surface area contributed by atoms with Crippen LogP contribution in [0.15, 0.2) is 72.8 Å². The molecule has 1 aromatic heterocycles. The zero-order valence-electron chi connectivity index (χ0n) is 27.8. The third-order valence-corrected chi connectivity index (χ3v) is 8.62. The van der Waals surface area contributed by atoms with Gasteiger partial charge in [0.25, 0.3) is 0 Å². The molecule has 0 unspecified atom stereocenters. The van der Waals surface area contributed by atoms with Gasteiger partial charge < -0.3 is 4.57 Å². The van der Waals surface area contributed by atoms with Crippen molar-refractivity contribution in [3.8, 4) is 16.8 Å². The van der Waals surface area contributed by atoms with Crippen LogP contribution in [-0.4, -0.2) is 4.57 Å². The smallest absolute Gasteiger partial charge is 0.126 e. The Morgan fingerprint density at radius 2 is 0.977 bits per heavy atom. The van der Waals surface area contributed by atoms with Gasteiger partial charge in [-0.2, -0.15) is 0 Å². The van der Waals surface area contributed by atoms with Gasteiger partial charge in [0.15, 0.2) is 0 Å². The zero-order chi connectivity index (χ0) is 31.7. The van der Waals surface area contributed by atoms with Crippen LogP contribution in [0.3, 0.4) is 0 Å². The van der Waals surface area contributed by atoms with E-state index in [-0.39, 0.29) is 21.7 Å². The van der Waals surface area contributed by atoms with Gasteiger partial charge in [0.05, 0.1) is 11.0 Å². The number of fused-ring (bicyclic) bond motifs is 3. The number of benzene rings is 4. The molecule has 5 aromatic rings. The molecular weight excluding hydrogens is 532 g/mol. The van der Waals surface area contributed by atoms with Gasteiger partial charge in [-0.3, -0.25) is 0 Å². The maximum atomic E-state index is 14.5. The molecule has 0 radical (unpaired) electrons. The Labute approximate surface area is 256 Å². The van der Waals surface area contributed by atoms with Gasteiger partial charge >= 0.3 is 0 Å². The lowest BCUT2D eigenvalue weighted by Gasteiger charge is -2.33. The van der Waals surface area contributed by atoms with Crippen molar-refractivity contribution in [1.29, 1.82) is 0 Å². The van der Waals surface area contributed by atoms with E-state index in [9.17, 15) is 8.78 Å². The van der Waals surface area contributed by atoms with Gasteiger partial charge in [-0.1, -0.05) is 94.4 Å². The average Bonchev–Trinajstić information content (AvgIpc) is 3.18. The fourth-order valence-electron chi connectivity index (χ4n) is 6.68. The number of hydrogen-bond donors (Lipinski definition) is 0. The molecule has 0 aliphatic carbocycles. The number of hydrogen-bond acceptors (Lipinski definition) is 0. The fraction of sp³-hybridized carbons (Fsp3) is 0.400. The summed E-state index contributed by atoms with van der Waals surface area (Å²) in [6.07, 6.45) is 0.956. The highest BCUT2D eigenvalue weighted by Gasteiger charge is 2.29. The second-order valence-electron chi connectivity index (χ2n) is 16.3. The van der Waals surface area contributed by atoms with Crippen molar-refractivity contribution in [3.05, 3.63) is 101 Å². The Kier molecular flexibility index (Phi) is 7.44. The maximum Gasteiger partial charge on any atom is 0.126 e. The van der Waals surface area contributed by atoms with Crippen LogP contribution in [0, 0.1) is 17.0 Å². The van der Waals surface area contributed by atoms with E-state index >= 15 is 0 Å². The predicted octanol–water partition coefficient (Wildman–Crippen LogP) is 12.0. The summed E-state index contributed by atoms with van der Waals surface area (Å²) in [6, 6.07) is 23.9. The van der Waals surface area contributed by atoms with Gasteiger partial charge in [0, 0.05) is 22.5 Å². The number of rotatable bonds is 4. The molecule has 43 heavy (non-hydrogen) atoms. The first-order chi connectivity index (χ1) is 19.7. The van der Waals surface area contributed by atoms with Crippen molar-refractivity contribution in [2.45, 2.75) is 98.8 Å². The zero-order valence-corrected chi connectivity index (χ0v) is 27.8. The highest BCUT2D eigenvalue weighted by molar-refractivity contribution is 6.10. The first-order valence-electron chi connectivity index (χ1n) is 15.4. The molecule has 0 spiro atoms. The van der Waals surface area contributed by atoms with Crippen LogP contribution in [-0.2, 0) is 16.2 Å². The van der Waals surface area contributed by atoms with Crippen molar-refractivity contribution in [2.75, 3.05) is 0 Å². The van der Waals surface area contributed by atoms with E-state index in [0.29, 0.717) is 5.56 Å². The summed E-state index contributed by atoms with van der Waals surface area (Å²) >= 11 is 0. The standard InChI is InChI=1S/C40H47F2N/c1-37(2,3)24-40(10,11)29-16-25(26-17-30(41)23-31(42)18-26)19-32(20-29)43-35-14-12-27(38(4,5)6)21-33(35)34-22-28(39(7,8)9)13-15-36(34)43/h12-23H,24H2,1-11H3. The summed E-state index contributed by atoms with van der Waals surface area (Å²) < 4.78 is 31.3. The minimum atomic E-state index is -0.572. The van der Waals surface area contributed by atoms with Gasteiger partial charge in [0.1, 0.15) is 11.6 Å². The Morgan fingerprint density at radius 1 is 0.512 bits per heavy atom. The van der Waals surface area contributed by atoms with Crippen LogP contribution in [0.4, 0.5) is 8.78 Å². The van der Waals surface area contributed by atoms with Crippen LogP contribution in [0.5, 0.6) is 0 Å². The van der Waals surface area contributed by atoms with Crippen molar-refractivity contribution >= 4 is 21.8 Å². The fourth-order valence-corrected chi connectivity index (χ4v) is 6.68. The second-order valence-corrected chi connectivity index (χ2v) is 16.3. The molecule has 0 amide bonds. The summed E-state index contributed by atoms with van der Waals surface area (Å²) in [5.74, 6) is -1.14. The lowest BCUT2D eigenvalue weighted by molar-refractivity contribution is 0.284.